The molecule has 33 heavy (non-hydrogen) atoms. The zero-order chi connectivity index (χ0) is 24.4. The number of rotatable bonds is 21. The second-order valence-electron chi connectivity index (χ2n) is 9.52. The van der Waals surface area contributed by atoms with Gasteiger partial charge in [-0.2, -0.15) is 0 Å². The minimum absolute atomic E-state index is 0.106. The highest BCUT2D eigenvalue weighted by molar-refractivity contribution is 5.92. The standard InChI is InChI=1S/C27H48O6/c1-4-7-10-13-16-19-31-24(28)21-27(22-25(29)32-20-17-14-11-8-5-2)23(33-26(27)30)18-15-12-9-6-3/h23H,4-22H2,1-3H3. The fourth-order valence-electron chi connectivity index (χ4n) is 4.36. The number of ether oxygens (including phenoxy) is 3. The Kier molecular flexibility index (Phi) is 15.9. The van der Waals surface area contributed by atoms with Crippen molar-refractivity contribution in [2.45, 2.75) is 136 Å². The molecular formula is C27H48O6. The second-order valence-corrected chi connectivity index (χ2v) is 9.52. The van der Waals surface area contributed by atoms with Gasteiger partial charge in [-0.15, -0.1) is 0 Å². The van der Waals surface area contributed by atoms with Crippen LogP contribution in [0.3, 0.4) is 0 Å². The van der Waals surface area contributed by atoms with Crippen LogP contribution in [0.4, 0.5) is 0 Å². The van der Waals surface area contributed by atoms with Crippen LogP contribution in [0.15, 0.2) is 0 Å². The molecule has 6 nitrogen and oxygen atoms in total. The fourth-order valence-corrected chi connectivity index (χ4v) is 4.36. The average Bonchev–Trinajstić information content (AvgIpc) is 2.80. The van der Waals surface area contributed by atoms with Gasteiger partial charge in [0.1, 0.15) is 11.5 Å². The van der Waals surface area contributed by atoms with Crippen LogP contribution >= 0.6 is 0 Å². The topological polar surface area (TPSA) is 78.9 Å². The third-order valence-electron chi connectivity index (χ3n) is 6.53. The Balaban J connectivity index is 2.59. The number of carbonyl (C=O) groups is 3. The predicted octanol–water partition coefficient (Wildman–Crippen LogP) is 6.68. The summed E-state index contributed by atoms with van der Waals surface area (Å²) < 4.78 is 16.2. The van der Waals surface area contributed by atoms with Crippen molar-refractivity contribution < 1.29 is 28.6 Å². The van der Waals surface area contributed by atoms with E-state index in [2.05, 4.69) is 20.8 Å². The molecule has 0 aromatic heterocycles. The van der Waals surface area contributed by atoms with Crippen LogP contribution in [0.1, 0.15) is 130 Å². The van der Waals surface area contributed by atoms with Gasteiger partial charge in [0.25, 0.3) is 0 Å². The third kappa shape index (κ3) is 11.4. The first-order valence-corrected chi connectivity index (χ1v) is 13.5. The number of cyclic esters (lactones) is 1. The molecule has 0 amide bonds. The summed E-state index contributed by atoms with van der Waals surface area (Å²) in [6, 6.07) is 0. The van der Waals surface area contributed by atoms with E-state index in [1.165, 1.54) is 25.7 Å². The summed E-state index contributed by atoms with van der Waals surface area (Å²) >= 11 is 0. The van der Waals surface area contributed by atoms with E-state index in [4.69, 9.17) is 14.2 Å². The first-order chi connectivity index (χ1) is 16.0. The van der Waals surface area contributed by atoms with E-state index >= 15 is 0 Å². The summed E-state index contributed by atoms with van der Waals surface area (Å²) in [4.78, 5) is 37.7. The van der Waals surface area contributed by atoms with Gasteiger partial charge in [-0.05, 0) is 25.7 Å². The lowest BCUT2D eigenvalue weighted by molar-refractivity contribution is -0.216. The Morgan fingerprint density at radius 1 is 0.697 bits per heavy atom. The number of esters is 3. The van der Waals surface area contributed by atoms with Crippen molar-refractivity contribution in [3.05, 3.63) is 0 Å². The Morgan fingerprint density at radius 2 is 1.12 bits per heavy atom. The van der Waals surface area contributed by atoms with Crippen molar-refractivity contribution in [2.75, 3.05) is 13.2 Å². The summed E-state index contributed by atoms with van der Waals surface area (Å²) in [7, 11) is 0. The summed E-state index contributed by atoms with van der Waals surface area (Å²) in [6.07, 6.45) is 14.9. The van der Waals surface area contributed by atoms with Crippen LogP contribution in [0, 0.1) is 5.41 Å². The lowest BCUT2D eigenvalue weighted by Crippen LogP contribution is -2.58. The smallest absolute Gasteiger partial charge is 0.317 e. The van der Waals surface area contributed by atoms with E-state index in [0.717, 1.165) is 64.2 Å². The first kappa shape index (κ1) is 29.4. The van der Waals surface area contributed by atoms with E-state index in [1.54, 1.807) is 0 Å². The molecule has 1 heterocycles. The molecule has 0 spiro atoms. The molecule has 0 N–H and O–H groups in total. The molecular weight excluding hydrogens is 420 g/mol. The maximum atomic E-state index is 12.6. The Labute approximate surface area is 201 Å². The Morgan fingerprint density at radius 3 is 1.55 bits per heavy atom. The largest absolute Gasteiger partial charge is 0.466 e. The molecule has 1 rings (SSSR count). The van der Waals surface area contributed by atoms with Crippen molar-refractivity contribution in [1.29, 1.82) is 0 Å². The lowest BCUT2D eigenvalue weighted by Gasteiger charge is -2.45. The summed E-state index contributed by atoms with van der Waals surface area (Å²) in [6.45, 7) is 7.18. The molecule has 0 radical (unpaired) electrons. The summed E-state index contributed by atoms with van der Waals surface area (Å²) in [5.41, 5.74) is -1.13. The monoisotopic (exact) mass is 468 g/mol. The van der Waals surface area contributed by atoms with Gasteiger partial charge in [0, 0.05) is 0 Å². The molecule has 0 saturated carbocycles. The van der Waals surface area contributed by atoms with Crippen LogP contribution in [0.5, 0.6) is 0 Å². The molecule has 0 aliphatic carbocycles. The van der Waals surface area contributed by atoms with Crippen LogP contribution < -0.4 is 0 Å². The van der Waals surface area contributed by atoms with Crippen molar-refractivity contribution in [2.24, 2.45) is 5.41 Å². The zero-order valence-electron chi connectivity index (χ0n) is 21.5. The van der Waals surface area contributed by atoms with E-state index in [0.29, 0.717) is 19.6 Å². The Hall–Kier alpha value is -1.59. The van der Waals surface area contributed by atoms with Gasteiger partial charge in [-0.3, -0.25) is 14.4 Å². The van der Waals surface area contributed by atoms with Gasteiger partial charge in [-0.1, -0.05) is 91.4 Å². The number of unbranched alkanes of at least 4 members (excludes halogenated alkanes) is 11. The summed E-state index contributed by atoms with van der Waals surface area (Å²) in [5, 5.41) is 0. The van der Waals surface area contributed by atoms with E-state index < -0.39 is 29.4 Å². The predicted molar refractivity (Wildman–Crippen MR) is 130 cm³/mol. The van der Waals surface area contributed by atoms with E-state index in [9.17, 15) is 14.4 Å². The van der Waals surface area contributed by atoms with E-state index in [-0.39, 0.29) is 12.8 Å². The molecule has 1 aliphatic heterocycles. The molecule has 6 heteroatoms. The Bertz CT molecular complexity index is 529. The van der Waals surface area contributed by atoms with Gasteiger partial charge in [0.05, 0.1) is 26.1 Å². The minimum atomic E-state index is -1.13. The molecule has 1 saturated heterocycles. The van der Waals surface area contributed by atoms with Gasteiger partial charge in [0.2, 0.25) is 0 Å². The number of hydrogen-bond acceptors (Lipinski definition) is 6. The maximum Gasteiger partial charge on any atom is 0.317 e. The maximum absolute atomic E-state index is 12.6. The van der Waals surface area contributed by atoms with Gasteiger partial charge >= 0.3 is 17.9 Å². The van der Waals surface area contributed by atoms with Gasteiger partial charge in [-0.25, -0.2) is 0 Å². The van der Waals surface area contributed by atoms with Crippen LogP contribution in [-0.4, -0.2) is 37.2 Å². The van der Waals surface area contributed by atoms with Gasteiger partial charge < -0.3 is 14.2 Å². The minimum Gasteiger partial charge on any atom is -0.466 e. The number of hydrogen-bond donors (Lipinski definition) is 0. The van der Waals surface area contributed by atoms with Crippen molar-refractivity contribution in [1.82, 2.24) is 0 Å². The van der Waals surface area contributed by atoms with Crippen LogP contribution in [0.2, 0.25) is 0 Å². The van der Waals surface area contributed by atoms with Crippen molar-refractivity contribution in [3.63, 3.8) is 0 Å². The van der Waals surface area contributed by atoms with Crippen molar-refractivity contribution >= 4 is 17.9 Å². The molecule has 0 aromatic carbocycles. The number of carbonyl (C=O) groups excluding carboxylic acids is 3. The molecule has 1 fully saturated rings. The molecule has 1 aliphatic rings. The molecule has 1 unspecified atom stereocenters. The quantitative estimate of drug-likeness (QED) is 0.106. The fraction of sp³-hybridized carbons (Fsp3) is 0.889. The molecule has 0 bridgehead atoms. The highest BCUT2D eigenvalue weighted by atomic mass is 16.6. The summed E-state index contributed by atoms with van der Waals surface area (Å²) in [5.74, 6) is -1.32. The van der Waals surface area contributed by atoms with Crippen LogP contribution in [0.25, 0.3) is 0 Å². The normalized spacial score (nSPS) is 16.7. The highest BCUT2D eigenvalue weighted by Crippen LogP contribution is 2.46. The molecule has 0 aromatic rings. The SMILES string of the molecule is CCCCCCCOC(=O)CC1(CC(=O)OCCCCCCC)C(=O)OC1CCCCCC. The molecule has 192 valence electrons. The van der Waals surface area contributed by atoms with Crippen LogP contribution in [-0.2, 0) is 28.6 Å². The molecule has 1 atom stereocenters. The zero-order valence-corrected chi connectivity index (χ0v) is 21.5. The first-order valence-electron chi connectivity index (χ1n) is 13.5. The highest BCUT2D eigenvalue weighted by Gasteiger charge is 2.60. The lowest BCUT2D eigenvalue weighted by atomic mass is 9.70. The third-order valence-corrected chi connectivity index (χ3v) is 6.53. The van der Waals surface area contributed by atoms with Gasteiger partial charge in [0.15, 0.2) is 0 Å². The second kappa shape index (κ2) is 17.8. The van der Waals surface area contributed by atoms with E-state index in [1.807, 2.05) is 0 Å². The average molecular weight is 469 g/mol. The van der Waals surface area contributed by atoms with Crippen molar-refractivity contribution in [3.8, 4) is 0 Å².